The molecule has 2 heterocycles. The van der Waals surface area contributed by atoms with Crippen LogP contribution in [0.2, 0.25) is 0 Å². The number of phosphoric acid groups is 3. The van der Waals surface area contributed by atoms with Crippen LogP contribution in [0.1, 0.15) is 465 Å². The normalized spacial score (nSPS) is 20.8. The molecule has 2 fully saturated rings. The summed E-state index contributed by atoms with van der Waals surface area (Å²) in [5.74, 6) is -5.34. The fraction of sp³-hybridized carbons (Fsp3) is 0.938. The SMILES string of the molecule is CCCCCCCCCCCCCC(=O)O[C@H](CCCCCCCCCCC)CC(=O)O[C@@H]1[C@@H](NC(=O)C[C@@H](CCCCCCCCCCC)OC(=O)CCCCCCCCCCC)[C@H](OC[C@H]2O[C@H](OP(=O)(O)OP(=O)(O)OCCN)[C@H](NC(=O)C[C@H](O)CCCCCCCCCCC)[C@@H](OC(=O)C[C@H](O)CCCCCCCCCCC)[C@@H]2O)O[C@H](CO)[C@H]1OP(=O)(O)O. The van der Waals surface area contributed by atoms with Crippen LogP contribution in [-0.2, 0) is 93.5 Å². The maximum absolute atomic E-state index is 15.3. The number of esters is 4. The van der Waals surface area contributed by atoms with Crippen molar-refractivity contribution in [2.45, 2.75) is 551 Å². The van der Waals surface area contributed by atoms with Gasteiger partial charge in [-0.2, -0.15) is 4.31 Å². The monoisotopic (exact) mass is 1920 g/mol. The van der Waals surface area contributed by atoms with E-state index in [1.165, 1.54) is 38.5 Å². The van der Waals surface area contributed by atoms with Crippen LogP contribution in [0.3, 0.4) is 0 Å². The summed E-state index contributed by atoms with van der Waals surface area (Å²) in [6.45, 7) is 9.64. The molecule has 766 valence electrons. The van der Waals surface area contributed by atoms with E-state index < -0.39 is 190 Å². The molecule has 2 amide bonds. The standard InChI is InChI=1S/C96H184N3O28P3/c1-7-13-19-25-31-37-38-44-50-56-62-68-86(106)120-80(66-60-54-48-42-35-29-23-17-11-5)74-88(108)124-94-90(99-84(104)73-79(65-59-53-47-41-34-28-22-16-10-4)119-85(105)67-61-55-49-43-36-30-24-18-12-6)95(121-81(75-100)92(94)125-128(110,111)112)117-76-82-91(109)93(123-87(107)72-78(102)64-58-52-46-40-33-27-21-15-9-3)89(96(122-82)126-130(115,116)127-129(113,114)118-70-69-97)98-83(103)71-77(101)63-57-51-45-39-32-26-20-14-8-2/h77-82,89-96,100-102,109H,7-76,97H2,1-6H3,(H,98,103)(H,99,104)(H,113,114)(H,115,116)(H2,110,111,112)/t77-,78-,79-,80-,81-,82-,89-,90-,91-,92-,93-,94-,95-,96-/m1/s1. The highest BCUT2D eigenvalue weighted by atomic mass is 31.3. The average molecular weight is 1920 g/mol. The molecule has 2 unspecified atom stereocenters. The first-order chi connectivity index (χ1) is 62.6. The van der Waals surface area contributed by atoms with Gasteiger partial charge in [-0.1, -0.05) is 375 Å². The lowest BCUT2D eigenvalue weighted by Gasteiger charge is -2.47. The van der Waals surface area contributed by atoms with Gasteiger partial charge in [-0.05, 0) is 51.4 Å². The third-order valence-corrected chi connectivity index (χ3v) is 27.6. The number of carbonyl (C=O) groups excluding carboxylic acids is 6. The minimum Gasteiger partial charge on any atom is -0.462 e. The second-order valence-electron chi connectivity index (χ2n) is 36.7. The largest absolute Gasteiger partial charge is 0.483 e. The van der Waals surface area contributed by atoms with Crippen LogP contribution in [0.15, 0.2) is 0 Å². The van der Waals surface area contributed by atoms with Gasteiger partial charge in [-0.3, -0.25) is 42.3 Å². The van der Waals surface area contributed by atoms with Crippen LogP contribution < -0.4 is 16.4 Å². The number of hydrogen-bond donors (Lipinski definition) is 11. The molecule has 16 atom stereocenters. The summed E-state index contributed by atoms with van der Waals surface area (Å²) in [5, 5.41) is 52.0. The topological polar surface area (TPSA) is 467 Å². The van der Waals surface area contributed by atoms with Gasteiger partial charge in [0.1, 0.15) is 48.7 Å². The van der Waals surface area contributed by atoms with Crippen molar-refractivity contribution < 1.29 is 134 Å². The maximum Gasteiger partial charge on any atom is 0.483 e. The fourth-order valence-corrected chi connectivity index (χ4v) is 19.7. The molecular formula is C96H184N3O28P3. The Morgan fingerprint density at radius 1 is 0.369 bits per heavy atom. The highest BCUT2D eigenvalue weighted by Crippen LogP contribution is 2.61. The molecule has 31 nitrogen and oxygen atoms in total. The molecule has 0 aromatic rings. The summed E-state index contributed by atoms with van der Waals surface area (Å²) < 4.78 is 105. The Balaban J connectivity index is 2.98. The van der Waals surface area contributed by atoms with Crippen molar-refractivity contribution in [1.29, 1.82) is 0 Å². The van der Waals surface area contributed by atoms with E-state index in [1.807, 2.05) is 0 Å². The predicted molar refractivity (Wildman–Crippen MR) is 504 cm³/mol. The van der Waals surface area contributed by atoms with Crippen LogP contribution >= 0.6 is 23.5 Å². The minimum atomic E-state index is -6.05. The molecule has 2 saturated heterocycles. The van der Waals surface area contributed by atoms with Crippen molar-refractivity contribution in [2.24, 2.45) is 5.73 Å². The van der Waals surface area contributed by atoms with E-state index >= 15 is 9.59 Å². The second-order valence-corrected chi connectivity index (χ2v) is 40.9. The molecule has 0 radical (unpaired) electrons. The van der Waals surface area contributed by atoms with Crippen molar-refractivity contribution >= 4 is 59.2 Å². The first-order valence-electron chi connectivity index (χ1n) is 51.7. The number of unbranched alkanes of at least 4 members (excludes halogenated alkanes) is 50. The molecule has 0 aromatic heterocycles. The first-order valence-corrected chi connectivity index (χ1v) is 56.2. The molecule has 0 spiro atoms. The summed E-state index contributed by atoms with van der Waals surface area (Å²) >= 11 is 0. The smallest absolute Gasteiger partial charge is 0.462 e. The Morgan fingerprint density at radius 2 is 0.692 bits per heavy atom. The summed E-state index contributed by atoms with van der Waals surface area (Å²) in [7, 11) is -17.4. The number of carbonyl (C=O) groups is 6. The zero-order chi connectivity index (χ0) is 95.7. The lowest BCUT2D eigenvalue weighted by Crippen LogP contribution is -2.68. The Labute approximate surface area is 782 Å². The van der Waals surface area contributed by atoms with Gasteiger partial charge in [0.25, 0.3) is 0 Å². The lowest BCUT2D eigenvalue weighted by atomic mass is 9.95. The summed E-state index contributed by atoms with van der Waals surface area (Å²) in [4.78, 5) is 131. The van der Waals surface area contributed by atoms with E-state index in [0.717, 1.165) is 283 Å². The van der Waals surface area contributed by atoms with Gasteiger partial charge in [-0.15, -0.1) is 0 Å². The number of nitrogens with one attached hydrogen (secondary N) is 2. The van der Waals surface area contributed by atoms with E-state index in [9.17, 15) is 72.9 Å². The highest BCUT2D eigenvalue weighted by molar-refractivity contribution is 7.61. The van der Waals surface area contributed by atoms with Crippen LogP contribution in [0, 0.1) is 0 Å². The number of aliphatic hydroxyl groups excluding tert-OH is 4. The molecule has 34 heteroatoms. The Morgan fingerprint density at radius 3 is 1.07 bits per heavy atom. The zero-order valence-electron chi connectivity index (χ0n) is 81.2. The Kier molecular flexibility index (Phi) is 74.5. The number of amides is 2. The van der Waals surface area contributed by atoms with Crippen LogP contribution in [0.5, 0.6) is 0 Å². The highest BCUT2D eigenvalue weighted by Gasteiger charge is 2.56. The van der Waals surface area contributed by atoms with Crippen molar-refractivity contribution in [2.75, 3.05) is 26.4 Å². The van der Waals surface area contributed by atoms with Gasteiger partial charge >= 0.3 is 47.3 Å². The maximum atomic E-state index is 15.3. The number of phosphoric ester groups is 3. The van der Waals surface area contributed by atoms with Crippen molar-refractivity contribution in [1.82, 2.24) is 10.6 Å². The molecule has 2 rings (SSSR count). The quantitative estimate of drug-likeness (QED) is 0.0117. The fourth-order valence-electron chi connectivity index (χ4n) is 16.9. The lowest BCUT2D eigenvalue weighted by molar-refractivity contribution is -0.296. The molecule has 0 bridgehead atoms. The molecule has 0 saturated carbocycles. The minimum absolute atomic E-state index is 0.0530. The van der Waals surface area contributed by atoms with E-state index in [2.05, 4.69) is 56.5 Å². The summed E-state index contributed by atoms with van der Waals surface area (Å²) in [6.07, 6.45) is 31.1. The van der Waals surface area contributed by atoms with Crippen LogP contribution in [-0.4, -0.2) is 188 Å². The first kappa shape index (κ1) is 123. The van der Waals surface area contributed by atoms with Gasteiger partial charge in [-0.25, -0.2) is 13.7 Å². The molecule has 2 aliphatic heterocycles. The van der Waals surface area contributed by atoms with E-state index in [4.69, 9.17) is 52.5 Å². The second kappa shape index (κ2) is 78.7. The van der Waals surface area contributed by atoms with Gasteiger partial charge in [0.05, 0.1) is 57.7 Å². The van der Waals surface area contributed by atoms with Gasteiger partial charge in [0.15, 0.2) is 24.8 Å². The molecule has 12 N–H and O–H groups in total. The van der Waals surface area contributed by atoms with Gasteiger partial charge in [0.2, 0.25) is 11.8 Å². The Hall–Kier alpha value is -3.13. The number of aliphatic hydroxyl groups is 4. The molecule has 0 aliphatic carbocycles. The van der Waals surface area contributed by atoms with Crippen LogP contribution in [0.25, 0.3) is 0 Å². The van der Waals surface area contributed by atoms with Gasteiger partial charge < -0.3 is 89.5 Å². The van der Waals surface area contributed by atoms with Crippen molar-refractivity contribution in [3.63, 3.8) is 0 Å². The molecule has 130 heavy (non-hydrogen) atoms. The average Bonchev–Trinajstić information content (AvgIpc) is 0.776. The van der Waals surface area contributed by atoms with E-state index in [-0.39, 0.29) is 45.1 Å². The molecule has 2 aliphatic rings. The number of nitrogens with two attached hydrogens (primary N) is 1. The molecule has 0 aromatic carbocycles. The number of hydrogen-bond acceptors (Lipinski definition) is 25. The number of rotatable bonds is 89. The van der Waals surface area contributed by atoms with Crippen LogP contribution in [0.4, 0.5) is 0 Å². The Bertz CT molecular complexity index is 2980. The zero-order valence-corrected chi connectivity index (χ0v) is 83.9. The molecular weight excluding hydrogens is 1740 g/mol. The van der Waals surface area contributed by atoms with E-state index in [1.54, 1.807) is 0 Å². The van der Waals surface area contributed by atoms with Crippen molar-refractivity contribution in [3.8, 4) is 0 Å². The third-order valence-electron chi connectivity index (χ3n) is 24.4. The van der Waals surface area contributed by atoms with E-state index in [0.29, 0.717) is 38.5 Å². The van der Waals surface area contributed by atoms with Crippen molar-refractivity contribution in [3.05, 3.63) is 0 Å². The summed E-state index contributed by atoms with van der Waals surface area (Å²) in [5.41, 5.74) is 5.51. The van der Waals surface area contributed by atoms with Gasteiger partial charge in [0, 0.05) is 19.4 Å². The predicted octanol–water partition coefficient (Wildman–Crippen LogP) is 20.7. The number of ether oxygens (including phenoxy) is 7. The summed E-state index contributed by atoms with van der Waals surface area (Å²) in [6, 6.07) is -4.10. The third kappa shape index (κ3) is 64.1.